The summed E-state index contributed by atoms with van der Waals surface area (Å²) >= 11 is 0. The molecular weight excluding hydrogens is 204 g/mol. The summed E-state index contributed by atoms with van der Waals surface area (Å²) in [5.74, 6) is 0.186. The van der Waals surface area contributed by atoms with Gasteiger partial charge in [-0.05, 0) is 26.0 Å². The molecule has 1 saturated heterocycles. The highest BCUT2D eigenvalue weighted by molar-refractivity contribution is 5.76. The van der Waals surface area contributed by atoms with E-state index in [9.17, 15) is 4.79 Å². The summed E-state index contributed by atoms with van der Waals surface area (Å²) in [4.78, 5) is 13.9. The van der Waals surface area contributed by atoms with Crippen LogP contribution in [0.25, 0.3) is 0 Å². The van der Waals surface area contributed by atoms with Crippen LogP contribution in [-0.2, 0) is 16.1 Å². The second-order valence-electron chi connectivity index (χ2n) is 4.20. The van der Waals surface area contributed by atoms with Crippen molar-refractivity contribution in [3.8, 4) is 0 Å². The lowest BCUT2D eigenvalue weighted by molar-refractivity contribution is -0.135. The molecule has 1 aromatic rings. The summed E-state index contributed by atoms with van der Waals surface area (Å²) in [6.45, 7) is 7.27. The van der Waals surface area contributed by atoms with Crippen molar-refractivity contribution in [2.24, 2.45) is 0 Å². The second kappa shape index (κ2) is 4.70. The van der Waals surface area contributed by atoms with Gasteiger partial charge in [0, 0.05) is 24.5 Å². The summed E-state index contributed by atoms with van der Waals surface area (Å²) in [5, 5.41) is 0. The maximum absolute atomic E-state index is 12.0. The van der Waals surface area contributed by atoms with Crippen molar-refractivity contribution in [3.05, 3.63) is 23.5 Å². The lowest BCUT2D eigenvalue weighted by Gasteiger charge is -2.27. The Morgan fingerprint density at radius 2 is 1.81 bits per heavy atom. The number of hydrogen-bond acceptors (Lipinski definition) is 2. The minimum Gasteiger partial charge on any atom is -0.378 e. The van der Waals surface area contributed by atoms with Gasteiger partial charge in [-0.2, -0.15) is 0 Å². The predicted molar refractivity (Wildman–Crippen MR) is 61.3 cm³/mol. The number of carbonyl (C=O) groups excluding carboxylic acids is 1. The molecule has 1 amide bonds. The normalized spacial score (nSPS) is 16.5. The molecule has 4 heteroatoms. The van der Waals surface area contributed by atoms with Crippen molar-refractivity contribution in [3.63, 3.8) is 0 Å². The molecule has 0 saturated carbocycles. The summed E-state index contributed by atoms with van der Waals surface area (Å²) < 4.78 is 7.29. The molecule has 1 aromatic heterocycles. The number of aromatic nitrogens is 1. The Labute approximate surface area is 95.8 Å². The number of carbonyl (C=O) groups is 1. The van der Waals surface area contributed by atoms with E-state index in [1.165, 1.54) is 0 Å². The molecule has 2 rings (SSSR count). The van der Waals surface area contributed by atoms with Gasteiger partial charge in [0.2, 0.25) is 5.91 Å². The summed E-state index contributed by atoms with van der Waals surface area (Å²) in [6, 6.07) is 4.09. The average molecular weight is 222 g/mol. The van der Waals surface area contributed by atoms with Gasteiger partial charge < -0.3 is 14.2 Å². The Morgan fingerprint density at radius 1 is 1.25 bits per heavy atom. The smallest absolute Gasteiger partial charge is 0.242 e. The molecule has 0 aliphatic carbocycles. The Kier molecular flexibility index (Phi) is 3.29. The molecule has 16 heavy (non-hydrogen) atoms. The fraction of sp³-hybridized carbons (Fsp3) is 0.583. The number of amides is 1. The molecule has 88 valence electrons. The molecular formula is C12H18N2O2. The predicted octanol–water partition coefficient (Wildman–Crippen LogP) is 0.964. The van der Waals surface area contributed by atoms with Gasteiger partial charge in [-0.15, -0.1) is 0 Å². The van der Waals surface area contributed by atoms with Gasteiger partial charge in [0.25, 0.3) is 0 Å². The molecule has 4 nitrogen and oxygen atoms in total. The maximum Gasteiger partial charge on any atom is 0.242 e. The van der Waals surface area contributed by atoms with Crippen LogP contribution in [0.1, 0.15) is 11.4 Å². The Balaban J connectivity index is 2.01. The quantitative estimate of drug-likeness (QED) is 0.747. The van der Waals surface area contributed by atoms with Crippen LogP contribution >= 0.6 is 0 Å². The topological polar surface area (TPSA) is 34.5 Å². The van der Waals surface area contributed by atoms with E-state index in [4.69, 9.17) is 4.74 Å². The monoisotopic (exact) mass is 222 g/mol. The van der Waals surface area contributed by atoms with E-state index in [1.807, 2.05) is 30.9 Å². The summed E-state index contributed by atoms with van der Waals surface area (Å²) in [6.07, 6.45) is 0. The van der Waals surface area contributed by atoms with Crippen molar-refractivity contribution in [2.45, 2.75) is 20.4 Å². The third kappa shape index (κ3) is 2.27. The van der Waals surface area contributed by atoms with Crippen LogP contribution in [0.2, 0.25) is 0 Å². The molecule has 0 unspecified atom stereocenters. The Bertz CT molecular complexity index is 359. The fourth-order valence-electron chi connectivity index (χ4n) is 2.00. The lowest BCUT2D eigenvalue weighted by Crippen LogP contribution is -2.42. The zero-order valence-corrected chi connectivity index (χ0v) is 9.90. The molecule has 0 spiro atoms. The molecule has 0 N–H and O–H groups in total. The highest BCUT2D eigenvalue weighted by atomic mass is 16.5. The van der Waals surface area contributed by atoms with Crippen LogP contribution in [0.5, 0.6) is 0 Å². The average Bonchev–Trinajstić information content (AvgIpc) is 2.62. The molecule has 0 bridgehead atoms. The standard InChI is InChI=1S/C12H18N2O2/c1-10-3-4-11(2)14(10)9-12(15)13-5-7-16-8-6-13/h3-4H,5-9H2,1-2H3. The SMILES string of the molecule is Cc1ccc(C)n1CC(=O)N1CCOCC1. The van der Waals surface area contributed by atoms with Crippen LogP contribution in [-0.4, -0.2) is 41.7 Å². The van der Waals surface area contributed by atoms with Gasteiger partial charge in [0.05, 0.1) is 13.2 Å². The van der Waals surface area contributed by atoms with Crippen molar-refractivity contribution >= 4 is 5.91 Å². The van der Waals surface area contributed by atoms with Gasteiger partial charge >= 0.3 is 0 Å². The minimum absolute atomic E-state index is 0.186. The van der Waals surface area contributed by atoms with E-state index in [0.29, 0.717) is 19.8 Å². The van der Waals surface area contributed by atoms with E-state index in [1.54, 1.807) is 0 Å². The van der Waals surface area contributed by atoms with Gasteiger partial charge in [0.15, 0.2) is 0 Å². The van der Waals surface area contributed by atoms with Crippen molar-refractivity contribution in [1.82, 2.24) is 9.47 Å². The van der Waals surface area contributed by atoms with Crippen LogP contribution in [0.4, 0.5) is 0 Å². The van der Waals surface area contributed by atoms with E-state index in [-0.39, 0.29) is 5.91 Å². The second-order valence-corrected chi connectivity index (χ2v) is 4.20. The van der Waals surface area contributed by atoms with E-state index in [2.05, 4.69) is 4.57 Å². The largest absolute Gasteiger partial charge is 0.378 e. The first kappa shape index (κ1) is 11.2. The van der Waals surface area contributed by atoms with E-state index in [0.717, 1.165) is 24.5 Å². The van der Waals surface area contributed by atoms with Gasteiger partial charge in [-0.25, -0.2) is 0 Å². The number of nitrogens with zero attached hydrogens (tertiary/aromatic N) is 2. The number of morpholine rings is 1. The number of hydrogen-bond donors (Lipinski definition) is 0. The fourth-order valence-corrected chi connectivity index (χ4v) is 2.00. The molecule has 0 radical (unpaired) electrons. The summed E-state index contributed by atoms with van der Waals surface area (Å²) in [5.41, 5.74) is 2.28. The highest BCUT2D eigenvalue weighted by Crippen LogP contribution is 2.08. The molecule has 0 atom stereocenters. The van der Waals surface area contributed by atoms with Crippen molar-refractivity contribution < 1.29 is 9.53 Å². The molecule has 0 aromatic carbocycles. The third-order valence-corrected chi connectivity index (χ3v) is 3.07. The van der Waals surface area contributed by atoms with Gasteiger partial charge in [-0.1, -0.05) is 0 Å². The van der Waals surface area contributed by atoms with Crippen molar-refractivity contribution in [1.29, 1.82) is 0 Å². The summed E-state index contributed by atoms with van der Waals surface area (Å²) in [7, 11) is 0. The van der Waals surface area contributed by atoms with Crippen molar-refractivity contribution in [2.75, 3.05) is 26.3 Å². The Hall–Kier alpha value is -1.29. The molecule has 1 aliphatic heterocycles. The number of aryl methyl sites for hydroxylation is 2. The van der Waals surface area contributed by atoms with Gasteiger partial charge in [-0.3, -0.25) is 4.79 Å². The molecule has 1 aliphatic rings. The third-order valence-electron chi connectivity index (χ3n) is 3.07. The first-order chi connectivity index (χ1) is 7.68. The van der Waals surface area contributed by atoms with Crippen LogP contribution < -0.4 is 0 Å². The van der Waals surface area contributed by atoms with Crippen LogP contribution in [0, 0.1) is 13.8 Å². The number of rotatable bonds is 2. The lowest BCUT2D eigenvalue weighted by atomic mass is 10.4. The highest BCUT2D eigenvalue weighted by Gasteiger charge is 2.17. The zero-order valence-electron chi connectivity index (χ0n) is 9.90. The molecule has 2 heterocycles. The van der Waals surface area contributed by atoms with E-state index < -0.39 is 0 Å². The maximum atomic E-state index is 12.0. The van der Waals surface area contributed by atoms with E-state index >= 15 is 0 Å². The van der Waals surface area contributed by atoms with Gasteiger partial charge in [0.1, 0.15) is 6.54 Å². The minimum atomic E-state index is 0.186. The van der Waals surface area contributed by atoms with Crippen LogP contribution in [0.3, 0.4) is 0 Å². The number of ether oxygens (including phenoxy) is 1. The van der Waals surface area contributed by atoms with Crippen LogP contribution in [0.15, 0.2) is 12.1 Å². The Morgan fingerprint density at radius 3 is 2.38 bits per heavy atom. The first-order valence-corrected chi connectivity index (χ1v) is 5.67. The molecule has 1 fully saturated rings. The zero-order chi connectivity index (χ0) is 11.5. The first-order valence-electron chi connectivity index (χ1n) is 5.67.